The molecule has 174 valence electrons. The summed E-state index contributed by atoms with van der Waals surface area (Å²) in [4.78, 5) is 16.9. The van der Waals surface area contributed by atoms with Gasteiger partial charge in [0.05, 0.1) is 28.1 Å². The molecule has 1 amide bonds. The van der Waals surface area contributed by atoms with Gasteiger partial charge in [0.2, 0.25) is 5.91 Å². The summed E-state index contributed by atoms with van der Waals surface area (Å²) >= 11 is 17.0. The van der Waals surface area contributed by atoms with Gasteiger partial charge in [0.15, 0.2) is 11.0 Å². The number of ether oxygens (including phenoxy) is 1. The van der Waals surface area contributed by atoms with Crippen molar-refractivity contribution < 1.29 is 9.53 Å². The van der Waals surface area contributed by atoms with Gasteiger partial charge >= 0.3 is 0 Å². The number of thioether (sulfide) groups is 1. The average Bonchev–Trinajstić information content (AvgIpc) is 3.24. The lowest BCUT2D eigenvalue weighted by molar-refractivity contribution is -0.115. The number of anilines is 1. The fourth-order valence-electron chi connectivity index (χ4n) is 3.05. The van der Waals surface area contributed by atoms with Crippen LogP contribution in [0.2, 0.25) is 10.0 Å². The number of carbonyl (C=O) groups excluding carboxylic acids is 1. The molecule has 1 atom stereocenters. The van der Waals surface area contributed by atoms with Crippen molar-refractivity contribution >= 4 is 62.6 Å². The number of carbonyl (C=O) groups is 1. The van der Waals surface area contributed by atoms with Crippen molar-refractivity contribution in [2.24, 2.45) is 0 Å². The molecule has 0 aliphatic heterocycles. The minimum atomic E-state index is -0.494. The van der Waals surface area contributed by atoms with Crippen molar-refractivity contribution in [3.8, 4) is 22.8 Å². The van der Waals surface area contributed by atoms with E-state index in [2.05, 4.69) is 36.4 Å². The maximum absolute atomic E-state index is 12.8. The molecular weight excluding hydrogens is 561 g/mol. The monoisotopic (exact) mass is 577 g/mol. The summed E-state index contributed by atoms with van der Waals surface area (Å²) in [6, 6.07) is 16.5. The summed E-state index contributed by atoms with van der Waals surface area (Å²) in [7, 11) is 1.56. The SMILES string of the molecule is COc1ccc(-n2c(SC(C)C(=O)Nc3ccc(Cl)cn3)nnc2-c2ccc(Br)cc2)cc1Cl. The number of hydrogen-bond acceptors (Lipinski definition) is 6. The Kier molecular flexibility index (Phi) is 7.77. The van der Waals surface area contributed by atoms with Gasteiger partial charge in [0.25, 0.3) is 0 Å². The van der Waals surface area contributed by atoms with Crippen LogP contribution in [0.4, 0.5) is 5.82 Å². The summed E-state index contributed by atoms with van der Waals surface area (Å²) in [5.41, 5.74) is 1.60. The van der Waals surface area contributed by atoms with Crippen LogP contribution in [0.3, 0.4) is 0 Å². The van der Waals surface area contributed by atoms with Gasteiger partial charge in [-0.25, -0.2) is 4.98 Å². The predicted molar refractivity (Wildman–Crippen MR) is 139 cm³/mol. The molecule has 34 heavy (non-hydrogen) atoms. The Bertz CT molecular complexity index is 1320. The number of halogens is 3. The van der Waals surface area contributed by atoms with Gasteiger partial charge in [0.1, 0.15) is 11.6 Å². The summed E-state index contributed by atoms with van der Waals surface area (Å²) < 4.78 is 8.10. The van der Waals surface area contributed by atoms with Crippen molar-refractivity contribution in [2.75, 3.05) is 12.4 Å². The molecule has 4 rings (SSSR count). The van der Waals surface area contributed by atoms with E-state index >= 15 is 0 Å². The Morgan fingerprint density at radius 2 is 1.88 bits per heavy atom. The van der Waals surface area contributed by atoms with Crippen LogP contribution in [-0.2, 0) is 4.79 Å². The number of nitrogens with one attached hydrogen (secondary N) is 1. The number of pyridine rings is 1. The van der Waals surface area contributed by atoms with Crippen molar-refractivity contribution in [2.45, 2.75) is 17.3 Å². The number of amides is 1. The van der Waals surface area contributed by atoms with Crippen LogP contribution in [0.25, 0.3) is 17.1 Å². The molecule has 0 aliphatic rings. The third kappa shape index (κ3) is 5.55. The van der Waals surface area contributed by atoms with Crippen LogP contribution in [-0.4, -0.2) is 38.0 Å². The van der Waals surface area contributed by atoms with Crippen LogP contribution in [0.1, 0.15) is 6.92 Å². The lowest BCUT2D eigenvalue weighted by atomic mass is 10.2. The molecule has 1 unspecified atom stereocenters. The molecule has 0 spiro atoms. The first kappa shape index (κ1) is 24.5. The molecule has 2 aromatic heterocycles. The zero-order chi connectivity index (χ0) is 24.2. The van der Waals surface area contributed by atoms with Gasteiger partial charge in [-0.15, -0.1) is 10.2 Å². The number of hydrogen-bond donors (Lipinski definition) is 1. The average molecular weight is 579 g/mol. The first-order chi connectivity index (χ1) is 16.4. The number of nitrogens with zero attached hydrogens (tertiary/aromatic N) is 4. The summed E-state index contributed by atoms with van der Waals surface area (Å²) in [5.74, 6) is 1.36. The van der Waals surface area contributed by atoms with E-state index in [0.29, 0.717) is 32.6 Å². The highest BCUT2D eigenvalue weighted by molar-refractivity contribution is 9.10. The molecule has 7 nitrogen and oxygen atoms in total. The maximum atomic E-state index is 12.8. The van der Waals surface area contributed by atoms with Crippen molar-refractivity contribution in [1.29, 1.82) is 0 Å². The number of benzene rings is 2. The van der Waals surface area contributed by atoms with Gasteiger partial charge in [-0.1, -0.05) is 63.0 Å². The molecule has 0 fully saturated rings. The number of aromatic nitrogens is 4. The standard InChI is InChI=1S/C23H18BrCl2N5O2S/c1-13(22(32)28-20-10-7-16(25)12-27-20)34-23-30-29-21(14-3-5-15(24)6-4-14)31(23)17-8-9-19(33-2)18(26)11-17/h3-13H,1-2H3,(H,27,28,32). The summed E-state index contributed by atoms with van der Waals surface area (Å²) in [6.07, 6.45) is 1.48. The van der Waals surface area contributed by atoms with E-state index in [1.54, 1.807) is 38.3 Å². The molecule has 0 saturated carbocycles. The van der Waals surface area contributed by atoms with E-state index in [1.165, 1.54) is 18.0 Å². The van der Waals surface area contributed by atoms with E-state index in [1.807, 2.05) is 34.9 Å². The fraction of sp³-hybridized carbons (Fsp3) is 0.130. The predicted octanol–water partition coefficient (Wildman–Crippen LogP) is 6.53. The Balaban J connectivity index is 1.67. The summed E-state index contributed by atoms with van der Waals surface area (Å²) in [5, 5.41) is 12.6. The normalized spacial score (nSPS) is 11.8. The molecule has 0 radical (unpaired) electrons. The van der Waals surface area contributed by atoms with Crippen molar-refractivity contribution in [1.82, 2.24) is 19.7 Å². The van der Waals surface area contributed by atoms with Crippen LogP contribution < -0.4 is 10.1 Å². The van der Waals surface area contributed by atoms with E-state index in [0.717, 1.165) is 15.7 Å². The quantitative estimate of drug-likeness (QED) is 0.251. The van der Waals surface area contributed by atoms with Gasteiger partial charge in [-0.2, -0.15) is 0 Å². The van der Waals surface area contributed by atoms with E-state index < -0.39 is 5.25 Å². The highest BCUT2D eigenvalue weighted by Crippen LogP contribution is 2.34. The van der Waals surface area contributed by atoms with Gasteiger partial charge in [0, 0.05) is 16.2 Å². The second-order valence-corrected chi connectivity index (χ2v) is 10.1. The van der Waals surface area contributed by atoms with E-state index in [4.69, 9.17) is 27.9 Å². The van der Waals surface area contributed by atoms with Crippen LogP contribution in [0, 0.1) is 0 Å². The molecule has 0 aliphatic carbocycles. The molecule has 1 N–H and O–H groups in total. The number of rotatable bonds is 7. The van der Waals surface area contributed by atoms with Crippen molar-refractivity contribution in [3.63, 3.8) is 0 Å². The molecule has 2 aromatic carbocycles. The van der Waals surface area contributed by atoms with E-state index in [9.17, 15) is 4.79 Å². The first-order valence-electron chi connectivity index (χ1n) is 10.00. The topological polar surface area (TPSA) is 81.9 Å². The third-order valence-corrected chi connectivity index (χ3v) is 6.85. The highest BCUT2D eigenvalue weighted by atomic mass is 79.9. The minimum absolute atomic E-state index is 0.229. The molecule has 0 bridgehead atoms. The largest absolute Gasteiger partial charge is 0.495 e. The molecule has 0 saturated heterocycles. The Morgan fingerprint density at radius 3 is 2.53 bits per heavy atom. The van der Waals surface area contributed by atoms with Gasteiger partial charge < -0.3 is 10.1 Å². The second-order valence-electron chi connectivity index (χ2n) is 7.08. The van der Waals surface area contributed by atoms with Gasteiger partial charge in [-0.05, 0) is 49.4 Å². The fourth-order valence-corrected chi connectivity index (χ4v) is 4.54. The second kappa shape index (κ2) is 10.8. The van der Waals surface area contributed by atoms with Crippen molar-refractivity contribution in [3.05, 3.63) is 75.3 Å². The van der Waals surface area contributed by atoms with Crippen LogP contribution in [0.5, 0.6) is 5.75 Å². The smallest absolute Gasteiger partial charge is 0.238 e. The molecule has 2 heterocycles. The Labute approximate surface area is 219 Å². The molecule has 11 heteroatoms. The zero-order valence-corrected chi connectivity index (χ0v) is 21.9. The number of methoxy groups -OCH3 is 1. The van der Waals surface area contributed by atoms with E-state index in [-0.39, 0.29) is 5.91 Å². The Hall–Kier alpha value is -2.59. The third-order valence-electron chi connectivity index (χ3n) is 4.76. The zero-order valence-electron chi connectivity index (χ0n) is 18.0. The minimum Gasteiger partial charge on any atom is -0.495 e. The van der Waals surface area contributed by atoms with Crippen LogP contribution >= 0.6 is 50.9 Å². The molecule has 4 aromatic rings. The van der Waals surface area contributed by atoms with Gasteiger partial charge in [-0.3, -0.25) is 9.36 Å². The molecular formula is C23H18BrCl2N5O2S. The lowest BCUT2D eigenvalue weighted by Crippen LogP contribution is -2.23. The summed E-state index contributed by atoms with van der Waals surface area (Å²) in [6.45, 7) is 1.79. The maximum Gasteiger partial charge on any atom is 0.238 e. The van der Waals surface area contributed by atoms with Crippen LogP contribution in [0.15, 0.2) is 70.4 Å². The lowest BCUT2D eigenvalue weighted by Gasteiger charge is -2.15. The first-order valence-corrected chi connectivity index (χ1v) is 12.4. The highest BCUT2D eigenvalue weighted by Gasteiger charge is 2.23. The Morgan fingerprint density at radius 1 is 1.12 bits per heavy atom.